The predicted octanol–water partition coefficient (Wildman–Crippen LogP) is 1.43. The molecule has 0 aliphatic carbocycles. The quantitative estimate of drug-likeness (QED) is 0.814. The van der Waals surface area contributed by atoms with Gasteiger partial charge < -0.3 is 14.5 Å². The largest absolute Gasteiger partial charge is 0.482 e. The van der Waals surface area contributed by atoms with Gasteiger partial charge in [-0.15, -0.1) is 0 Å². The molecule has 18 heavy (non-hydrogen) atoms. The van der Waals surface area contributed by atoms with Crippen molar-refractivity contribution in [1.29, 1.82) is 0 Å². The monoisotopic (exact) mass is 261 g/mol. The highest BCUT2D eigenvalue weighted by molar-refractivity contribution is 5.72. The van der Waals surface area contributed by atoms with Crippen molar-refractivity contribution in [2.45, 2.75) is 19.8 Å². The van der Waals surface area contributed by atoms with E-state index >= 15 is 0 Å². The summed E-state index contributed by atoms with van der Waals surface area (Å²) in [5.41, 5.74) is -1.45. The lowest BCUT2D eigenvalue weighted by Crippen LogP contribution is -2.16. The Morgan fingerprint density at radius 1 is 1.50 bits per heavy atom. The van der Waals surface area contributed by atoms with Crippen molar-refractivity contribution in [2.24, 2.45) is 0 Å². The molecule has 0 amide bonds. The molecule has 0 fully saturated rings. The van der Waals surface area contributed by atoms with Crippen molar-refractivity contribution < 1.29 is 23.0 Å². The number of methoxy groups -OCH3 is 1. The average molecular weight is 261 g/mol. The lowest BCUT2D eigenvalue weighted by molar-refractivity contribution is -0.142. The number of carbonyl (C=O) groups excluding carboxylic acids is 1. The lowest BCUT2D eigenvalue weighted by Gasteiger charge is -2.09. The number of hydrogen-bond acceptors (Lipinski definition) is 4. The second-order valence-corrected chi connectivity index (χ2v) is 3.39. The molecule has 0 unspecified atom stereocenters. The summed E-state index contributed by atoms with van der Waals surface area (Å²) in [5, 5.41) is 0. The van der Waals surface area contributed by atoms with Crippen LogP contribution in [0.4, 0.5) is 8.78 Å². The molecule has 0 aliphatic heterocycles. The fourth-order valence-corrected chi connectivity index (χ4v) is 1.43. The second kappa shape index (κ2) is 6.13. The zero-order valence-corrected chi connectivity index (χ0v) is 9.96. The van der Waals surface area contributed by atoms with Crippen molar-refractivity contribution >= 4 is 5.97 Å². The first-order valence-electron chi connectivity index (χ1n) is 5.23. The van der Waals surface area contributed by atoms with Gasteiger partial charge in [-0.2, -0.15) is 0 Å². The van der Waals surface area contributed by atoms with Crippen molar-refractivity contribution in [3.63, 3.8) is 0 Å². The SMILES string of the molecule is CCOC(=O)Cc1cc(=O)c(C(F)F)c(OC)[nH]1. The first-order chi connectivity index (χ1) is 8.49. The van der Waals surface area contributed by atoms with E-state index in [0.29, 0.717) is 0 Å². The van der Waals surface area contributed by atoms with Gasteiger partial charge in [0.2, 0.25) is 5.88 Å². The summed E-state index contributed by atoms with van der Waals surface area (Å²) in [6, 6.07) is 0.945. The van der Waals surface area contributed by atoms with Crippen LogP contribution in [-0.2, 0) is 16.0 Å². The molecule has 0 spiro atoms. The maximum absolute atomic E-state index is 12.6. The van der Waals surface area contributed by atoms with E-state index in [1.165, 1.54) is 0 Å². The van der Waals surface area contributed by atoms with E-state index in [1.54, 1.807) is 6.92 Å². The minimum Gasteiger partial charge on any atom is -0.482 e. The standard InChI is InChI=1S/C11H13F2NO4/c1-3-18-8(16)5-6-4-7(15)9(10(12)13)11(14-6)17-2/h4,10H,3,5H2,1-2H3,(H,14,15). The Labute approximate surface area is 102 Å². The fraction of sp³-hybridized carbons (Fsp3) is 0.455. The molecular formula is C11H13F2NO4. The lowest BCUT2D eigenvalue weighted by atomic mass is 10.2. The molecule has 1 aromatic heterocycles. The number of esters is 1. The molecule has 7 heteroatoms. The number of rotatable bonds is 5. The minimum absolute atomic E-state index is 0.166. The molecule has 0 aromatic carbocycles. The molecule has 0 saturated carbocycles. The Balaban J connectivity index is 3.07. The number of ether oxygens (including phenoxy) is 2. The zero-order valence-electron chi connectivity index (χ0n) is 9.96. The van der Waals surface area contributed by atoms with E-state index in [2.05, 4.69) is 14.5 Å². The van der Waals surface area contributed by atoms with Gasteiger partial charge in [-0.05, 0) is 6.92 Å². The molecule has 0 aliphatic rings. The Bertz CT molecular complexity index is 484. The van der Waals surface area contributed by atoms with Gasteiger partial charge in [0.15, 0.2) is 5.43 Å². The van der Waals surface area contributed by atoms with E-state index in [-0.39, 0.29) is 24.6 Å². The predicted molar refractivity (Wildman–Crippen MR) is 58.9 cm³/mol. The zero-order chi connectivity index (χ0) is 13.7. The van der Waals surface area contributed by atoms with Crippen LogP contribution in [0.1, 0.15) is 24.6 Å². The van der Waals surface area contributed by atoms with Crippen molar-refractivity contribution in [2.75, 3.05) is 13.7 Å². The minimum atomic E-state index is -2.94. The van der Waals surface area contributed by atoms with E-state index in [0.717, 1.165) is 13.2 Å². The van der Waals surface area contributed by atoms with E-state index in [4.69, 9.17) is 0 Å². The maximum Gasteiger partial charge on any atom is 0.311 e. The van der Waals surface area contributed by atoms with Gasteiger partial charge in [-0.1, -0.05) is 0 Å². The van der Waals surface area contributed by atoms with Gasteiger partial charge in [0.25, 0.3) is 6.43 Å². The molecule has 0 radical (unpaired) electrons. The highest BCUT2D eigenvalue weighted by Gasteiger charge is 2.20. The maximum atomic E-state index is 12.6. The molecule has 1 aromatic rings. The summed E-state index contributed by atoms with van der Waals surface area (Å²) < 4.78 is 34.6. The molecule has 0 atom stereocenters. The topological polar surface area (TPSA) is 68.4 Å². The van der Waals surface area contributed by atoms with Crippen LogP contribution in [0.25, 0.3) is 0 Å². The summed E-state index contributed by atoms with van der Waals surface area (Å²) in [6.45, 7) is 1.84. The first-order valence-corrected chi connectivity index (χ1v) is 5.23. The molecule has 0 saturated heterocycles. The highest BCUT2D eigenvalue weighted by atomic mass is 19.3. The Morgan fingerprint density at radius 2 is 2.17 bits per heavy atom. The average Bonchev–Trinajstić information content (AvgIpc) is 2.27. The Kier molecular flexibility index (Phi) is 4.82. The number of H-pyrrole nitrogens is 1. The van der Waals surface area contributed by atoms with Crippen LogP contribution in [0.15, 0.2) is 10.9 Å². The van der Waals surface area contributed by atoms with Gasteiger partial charge in [-0.3, -0.25) is 9.59 Å². The van der Waals surface area contributed by atoms with Gasteiger partial charge in [-0.25, -0.2) is 8.78 Å². The molecule has 5 nitrogen and oxygen atoms in total. The highest BCUT2D eigenvalue weighted by Crippen LogP contribution is 2.23. The van der Waals surface area contributed by atoms with Crippen LogP contribution in [0.3, 0.4) is 0 Å². The van der Waals surface area contributed by atoms with Crippen LogP contribution in [-0.4, -0.2) is 24.7 Å². The number of alkyl halides is 2. The number of aromatic amines is 1. The molecule has 100 valence electrons. The van der Waals surface area contributed by atoms with Gasteiger partial charge in [0.1, 0.15) is 5.56 Å². The summed E-state index contributed by atoms with van der Waals surface area (Å²) >= 11 is 0. The van der Waals surface area contributed by atoms with Crippen LogP contribution in [0.5, 0.6) is 5.88 Å². The summed E-state index contributed by atoms with van der Waals surface area (Å²) in [7, 11) is 1.16. The third kappa shape index (κ3) is 3.28. The van der Waals surface area contributed by atoms with Crippen molar-refractivity contribution in [3.8, 4) is 5.88 Å². The van der Waals surface area contributed by atoms with Gasteiger partial charge >= 0.3 is 5.97 Å². The molecule has 1 rings (SSSR count). The smallest absolute Gasteiger partial charge is 0.311 e. The number of carbonyl (C=O) groups is 1. The number of hydrogen-bond donors (Lipinski definition) is 1. The number of halogens is 2. The molecule has 1 N–H and O–H groups in total. The van der Waals surface area contributed by atoms with Crippen LogP contribution in [0.2, 0.25) is 0 Å². The Morgan fingerprint density at radius 3 is 2.67 bits per heavy atom. The summed E-state index contributed by atoms with van der Waals surface area (Å²) in [6.07, 6.45) is -3.15. The number of aromatic nitrogens is 1. The van der Waals surface area contributed by atoms with Crippen molar-refractivity contribution in [1.82, 2.24) is 4.98 Å². The van der Waals surface area contributed by atoms with Gasteiger partial charge in [0.05, 0.1) is 20.1 Å². The van der Waals surface area contributed by atoms with Crippen LogP contribution < -0.4 is 10.2 Å². The fourth-order valence-electron chi connectivity index (χ4n) is 1.43. The first kappa shape index (κ1) is 14.1. The summed E-state index contributed by atoms with van der Waals surface area (Å²) in [4.78, 5) is 25.1. The third-order valence-corrected chi connectivity index (χ3v) is 2.15. The summed E-state index contributed by atoms with van der Waals surface area (Å²) in [5.74, 6) is -0.892. The molecule has 1 heterocycles. The molecular weight excluding hydrogens is 248 g/mol. The number of pyridine rings is 1. The van der Waals surface area contributed by atoms with Crippen LogP contribution >= 0.6 is 0 Å². The van der Waals surface area contributed by atoms with E-state index in [1.807, 2.05) is 0 Å². The normalized spacial score (nSPS) is 10.5. The Hall–Kier alpha value is -1.92. The molecule has 0 bridgehead atoms. The van der Waals surface area contributed by atoms with E-state index < -0.39 is 23.4 Å². The third-order valence-electron chi connectivity index (χ3n) is 2.15. The second-order valence-electron chi connectivity index (χ2n) is 3.39. The van der Waals surface area contributed by atoms with Gasteiger partial charge in [0, 0.05) is 11.8 Å². The van der Waals surface area contributed by atoms with Crippen LogP contribution in [0, 0.1) is 0 Å². The number of nitrogens with one attached hydrogen (secondary N) is 1. The van der Waals surface area contributed by atoms with Crippen molar-refractivity contribution in [3.05, 3.63) is 27.5 Å². The van der Waals surface area contributed by atoms with E-state index in [9.17, 15) is 18.4 Å².